The molecule has 0 amide bonds. The van der Waals surface area contributed by atoms with E-state index >= 15 is 0 Å². The molecule has 1 aliphatic rings. The summed E-state index contributed by atoms with van der Waals surface area (Å²) in [7, 11) is 0. The molecule has 214 valence electrons. The van der Waals surface area contributed by atoms with Crippen LogP contribution in [0.15, 0.2) is 128 Å². The Balaban J connectivity index is 1.39. The molecule has 0 saturated heterocycles. The largest absolute Gasteiger partial charge is 0.370 e. The lowest BCUT2D eigenvalue weighted by Crippen LogP contribution is -2.38. The van der Waals surface area contributed by atoms with Crippen molar-refractivity contribution in [1.82, 2.24) is 19.7 Å². The predicted octanol–water partition coefficient (Wildman–Crippen LogP) is 7.26. The minimum absolute atomic E-state index is 0.351. The average Bonchev–Trinajstić information content (AvgIpc) is 3.47. The molecule has 0 unspecified atom stereocenters. The normalized spacial score (nSPS) is 17.1. The molecule has 3 N–H and O–H groups in total. The SMILES string of the molecule is NC1CCC(CNc2cccc(-c3nn(C(c4ccccc4)(c4ccccc4)c4ccccc4)c4ncccc34)n2)CC1. The van der Waals surface area contributed by atoms with E-state index in [0.29, 0.717) is 12.0 Å². The van der Waals surface area contributed by atoms with Gasteiger partial charge in [-0.05, 0) is 72.6 Å². The van der Waals surface area contributed by atoms with Crippen molar-refractivity contribution in [3.63, 3.8) is 0 Å². The summed E-state index contributed by atoms with van der Waals surface area (Å²) in [5.74, 6) is 1.48. The van der Waals surface area contributed by atoms with Gasteiger partial charge in [-0.2, -0.15) is 5.10 Å². The van der Waals surface area contributed by atoms with Crippen LogP contribution in [0.3, 0.4) is 0 Å². The zero-order valence-electron chi connectivity index (χ0n) is 24.2. The third-order valence-electron chi connectivity index (χ3n) is 8.79. The van der Waals surface area contributed by atoms with Crippen LogP contribution < -0.4 is 11.1 Å². The van der Waals surface area contributed by atoms with Gasteiger partial charge in [0.15, 0.2) is 5.65 Å². The number of nitrogens with zero attached hydrogens (tertiary/aromatic N) is 4. The first-order chi connectivity index (χ1) is 21.2. The number of nitrogens with one attached hydrogen (secondary N) is 1. The highest BCUT2D eigenvalue weighted by Gasteiger charge is 2.41. The van der Waals surface area contributed by atoms with Gasteiger partial charge in [-0.1, -0.05) is 97.1 Å². The van der Waals surface area contributed by atoms with Crippen LogP contribution in [0.25, 0.3) is 22.4 Å². The van der Waals surface area contributed by atoms with Gasteiger partial charge < -0.3 is 11.1 Å². The summed E-state index contributed by atoms with van der Waals surface area (Å²) < 4.78 is 2.10. The van der Waals surface area contributed by atoms with Crippen LogP contribution in [-0.2, 0) is 5.54 Å². The molecule has 0 radical (unpaired) electrons. The van der Waals surface area contributed by atoms with E-state index in [4.69, 9.17) is 20.8 Å². The Bertz CT molecular complexity index is 1690. The summed E-state index contributed by atoms with van der Waals surface area (Å²) in [5, 5.41) is 9.97. The van der Waals surface area contributed by atoms with Crippen LogP contribution in [-0.4, -0.2) is 32.3 Å². The van der Waals surface area contributed by atoms with E-state index in [1.807, 2.05) is 24.4 Å². The van der Waals surface area contributed by atoms with E-state index in [1.54, 1.807) is 0 Å². The van der Waals surface area contributed by atoms with E-state index in [-0.39, 0.29) is 0 Å². The van der Waals surface area contributed by atoms with Gasteiger partial charge in [-0.25, -0.2) is 14.6 Å². The van der Waals surface area contributed by atoms with Gasteiger partial charge in [-0.15, -0.1) is 0 Å². The van der Waals surface area contributed by atoms with E-state index in [2.05, 4.69) is 113 Å². The summed E-state index contributed by atoms with van der Waals surface area (Å²) in [5.41, 5.74) is 11.1. The van der Waals surface area contributed by atoms with Crippen molar-refractivity contribution in [3.8, 4) is 11.4 Å². The van der Waals surface area contributed by atoms with Crippen LogP contribution in [0, 0.1) is 5.92 Å². The van der Waals surface area contributed by atoms with E-state index in [9.17, 15) is 0 Å². The molecule has 0 atom stereocenters. The van der Waals surface area contributed by atoms with E-state index in [0.717, 1.165) is 77.2 Å². The minimum atomic E-state index is -0.772. The Kier molecular flexibility index (Phi) is 7.44. The summed E-state index contributed by atoms with van der Waals surface area (Å²) in [6.45, 7) is 0.902. The molecule has 1 saturated carbocycles. The lowest BCUT2D eigenvalue weighted by molar-refractivity contribution is 0.338. The van der Waals surface area contributed by atoms with Crippen molar-refractivity contribution in [3.05, 3.63) is 144 Å². The molecule has 3 aromatic carbocycles. The lowest BCUT2D eigenvalue weighted by Gasteiger charge is -2.36. The molecule has 3 heterocycles. The zero-order valence-corrected chi connectivity index (χ0v) is 24.2. The molecule has 3 aromatic heterocycles. The number of anilines is 1. The van der Waals surface area contributed by atoms with Gasteiger partial charge in [0.25, 0.3) is 0 Å². The van der Waals surface area contributed by atoms with Crippen LogP contribution in [0.4, 0.5) is 5.82 Å². The Labute approximate surface area is 252 Å². The first kappa shape index (κ1) is 27.0. The zero-order chi connectivity index (χ0) is 29.1. The van der Waals surface area contributed by atoms with Crippen molar-refractivity contribution < 1.29 is 0 Å². The average molecular weight is 565 g/mol. The standard InChI is InChI=1S/C37H36N6/c38-31-23-21-27(22-24-31)26-40-34-20-10-19-33(41-34)35-32-18-11-25-39-36(32)43(42-35)37(28-12-4-1-5-13-28,29-14-6-2-7-15-29)30-16-8-3-9-17-30/h1-20,25,27,31H,21-24,26,38H2,(H,40,41). The van der Waals surface area contributed by atoms with Crippen molar-refractivity contribution in [2.75, 3.05) is 11.9 Å². The van der Waals surface area contributed by atoms with Gasteiger partial charge in [0.2, 0.25) is 0 Å². The highest BCUT2D eigenvalue weighted by molar-refractivity contribution is 5.91. The number of hydrogen-bond acceptors (Lipinski definition) is 5. The van der Waals surface area contributed by atoms with E-state index in [1.165, 1.54) is 0 Å². The molecule has 6 nitrogen and oxygen atoms in total. The maximum absolute atomic E-state index is 6.13. The summed E-state index contributed by atoms with van der Waals surface area (Å²) >= 11 is 0. The molecular formula is C37H36N6. The third kappa shape index (κ3) is 5.08. The Morgan fingerprint density at radius 2 is 1.30 bits per heavy atom. The quantitative estimate of drug-likeness (QED) is 0.190. The van der Waals surface area contributed by atoms with Crippen molar-refractivity contribution in [2.24, 2.45) is 11.7 Å². The smallest absolute Gasteiger partial charge is 0.160 e. The maximum atomic E-state index is 6.13. The fraction of sp³-hybridized carbons (Fsp3) is 0.216. The number of nitrogens with two attached hydrogens (primary N) is 1. The van der Waals surface area contributed by atoms with E-state index < -0.39 is 5.54 Å². The number of rotatable bonds is 8. The topological polar surface area (TPSA) is 81.6 Å². The number of hydrogen-bond donors (Lipinski definition) is 2. The molecule has 0 bridgehead atoms. The first-order valence-corrected chi connectivity index (χ1v) is 15.2. The minimum Gasteiger partial charge on any atom is -0.370 e. The Hall–Kier alpha value is -4.81. The number of pyridine rings is 2. The summed E-state index contributed by atoms with van der Waals surface area (Å²) in [6, 6.07) is 42.3. The van der Waals surface area contributed by atoms with Crippen molar-refractivity contribution in [1.29, 1.82) is 0 Å². The molecule has 0 spiro atoms. The Morgan fingerprint density at radius 1 is 0.698 bits per heavy atom. The van der Waals surface area contributed by atoms with Crippen LogP contribution >= 0.6 is 0 Å². The van der Waals surface area contributed by atoms with Crippen LogP contribution in [0.1, 0.15) is 42.4 Å². The number of aromatic nitrogens is 4. The van der Waals surface area contributed by atoms with Crippen molar-refractivity contribution in [2.45, 2.75) is 37.3 Å². The molecule has 1 fully saturated rings. The fourth-order valence-corrected chi connectivity index (χ4v) is 6.59. The molecule has 1 aliphatic carbocycles. The second kappa shape index (κ2) is 11.8. The first-order valence-electron chi connectivity index (χ1n) is 15.2. The van der Waals surface area contributed by atoms with Gasteiger partial charge in [0, 0.05) is 24.2 Å². The second-order valence-electron chi connectivity index (χ2n) is 11.5. The molecule has 6 heteroatoms. The third-order valence-corrected chi connectivity index (χ3v) is 8.79. The molecule has 7 rings (SSSR count). The van der Waals surface area contributed by atoms with Crippen LogP contribution in [0.5, 0.6) is 0 Å². The number of fused-ring (bicyclic) bond motifs is 1. The predicted molar refractivity (Wildman–Crippen MR) is 174 cm³/mol. The maximum Gasteiger partial charge on any atom is 0.160 e. The van der Waals surface area contributed by atoms with Gasteiger partial charge >= 0.3 is 0 Å². The summed E-state index contributed by atoms with van der Waals surface area (Å²) in [4.78, 5) is 10.0. The van der Waals surface area contributed by atoms with Crippen molar-refractivity contribution >= 4 is 16.9 Å². The fourth-order valence-electron chi connectivity index (χ4n) is 6.59. The van der Waals surface area contributed by atoms with Gasteiger partial charge in [0.1, 0.15) is 17.1 Å². The molecular weight excluding hydrogens is 528 g/mol. The number of benzene rings is 3. The highest BCUT2D eigenvalue weighted by Crippen LogP contribution is 2.43. The monoisotopic (exact) mass is 564 g/mol. The highest BCUT2D eigenvalue weighted by atomic mass is 15.4. The second-order valence-corrected chi connectivity index (χ2v) is 11.5. The summed E-state index contributed by atoms with van der Waals surface area (Å²) in [6.07, 6.45) is 6.37. The molecule has 43 heavy (non-hydrogen) atoms. The van der Waals surface area contributed by atoms with Gasteiger partial charge in [0.05, 0.1) is 5.69 Å². The van der Waals surface area contributed by atoms with Crippen LogP contribution in [0.2, 0.25) is 0 Å². The molecule has 0 aliphatic heterocycles. The molecule has 6 aromatic rings. The lowest BCUT2D eigenvalue weighted by atomic mass is 9.77. The van der Waals surface area contributed by atoms with Gasteiger partial charge in [-0.3, -0.25) is 0 Å². The Morgan fingerprint density at radius 3 is 1.91 bits per heavy atom.